The summed E-state index contributed by atoms with van der Waals surface area (Å²) in [5.41, 5.74) is 0.0162. The Morgan fingerprint density at radius 2 is 1.90 bits per heavy atom. The van der Waals surface area contributed by atoms with E-state index in [1.165, 1.54) is 18.2 Å². The molecule has 0 heterocycles. The lowest BCUT2D eigenvalue weighted by Crippen LogP contribution is -2.35. The van der Waals surface area contributed by atoms with Crippen molar-refractivity contribution in [2.24, 2.45) is 0 Å². The molecule has 162 valence electrons. The van der Waals surface area contributed by atoms with Crippen LogP contribution in [0.1, 0.15) is 43.2 Å². The molecule has 0 saturated heterocycles. The molecular weight excluding hydrogens is 429 g/mol. The molecule has 3 rings (SSSR count). The van der Waals surface area contributed by atoms with E-state index in [1.54, 1.807) is 13.0 Å². The predicted octanol–water partition coefficient (Wildman–Crippen LogP) is 5.86. The largest absolute Gasteiger partial charge is 0.484 e. The average Bonchev–Trinajstić information content (AvgIpc) is 3.39. The van der Waals surface area contributed by atoms with Gasteiger partial charge in [-0.15, -0.1) is 0 Å². The first-order valence-corrected chi connectivity index (χ1v) is 9.62. The predicted molar refractivity (Wildman–Crippen MR) is 101 cm³/mol. The number of benzene rings is 2. The van der Waals surface area contributed by atoms with Crippen molar-refractivity contribution in [1.82, 2.24) is 5.32 Å². The van der Waals surface area contributed by atoms with Crippen molar-refractivity contribution < 1.29 is 31.5 Å². The molecule has 0 bridgehead atoms. The van der Waals surface area contributed by atoms with Gasteiger partial charge in [0.2, 0.25) is 5.91 Å². The van der Waals surface area contributed by atoms with Gasteiger partial charge in [0, 0.05) is 17.5 Å². The fraction of sp³-hybridized carbons (Fsp3) is 0.381. The number of ether oxygens (including phenoxy) is 1. The summed E-state index contributed by atoms with van der Waals surface area (Å²) in [7, 11) is 0. The van der Waals surface area contributed by atoms with Crippen LogP contribution in [0.5, 0.6) is 5.75 Å². The van der Waals surface area contributed by atoms with Crippen molar-refractivity contribution in [2.45, 2.75) is 43.8 Å². The monoisotopic (exact) mass is 447 g/mol. The van der Waals surface area contributed by atoms with Gasteiger partial charge in [-0.25, -0.2) is 8.78 Å². The van der Waals surface area contributed by atoms with Crippen molar-refractivity contribution in [1.29, 1.82) is 0 Å². The molecule has 1 atom stereocenters. The summed E-state index contributed by atoms with van der Waals surface area (Å²) in [4.78, 5) is 12.5. The standard InChI is InChI=1S/C21H19ClF5NO2/c1-12(17-3-2-15(23)10-18(17)24)6-19(29)28-20(4-5-20)13-7-14(22)9-16(8-13)30-11-21(25,26)27/h2-3,7-10,12H,4-6,11H2,1H3,(H,28,29)/t12-/m0/s1. The minimum Gasteiger partial charge on any atom is -0.484 e. The fourth-order valence-corrected chi connectivity index (χ4v) is 3.53. The second-order valence-corrected chi connectivity index (χ2v) is 7.92. The third kappa shape index (κ3) is 5.62. The third-order valence-electron chi connectivity index (χ3n) is 4.94. The van der Waals surface area contributed by atoms with Crippen molar-refractivity contribution in [3.8, 4) is 5.75 Å². The molecule has 0 aromatic heterocycles. The number of hydrogen-bond acceptors (Lipinski definition) is 2. The molecule has 3 nitrogen and oxygen atoms in total. The number of nitrogens with one attached hydrogen (secondary N) is 1. The summed E-state index contributed by atoms with van der Waals surface area (Å²) in [5.74, 6) is -2.32. The van der Waals surface area contributed by atoms with Crippen LogP contribution in [0.2, 0.25) is 5.02 Å². The molecule has 0 spiro atoms. The molecule has 9 heteroatoms. The second-order valence-electron chi connectivity index (χ2n) is 7.48. The highest BCUT2D eigenvalue weighted by Crippen LogP contribution is 2.47. The van der Waals surface area contributed by atoms with Crippen LogP contribution in [-0.2, 0) is 10.3 Å². The van der Waals surface area contributed by atoms with Crippen molar-refractivity contribution in [3.63, 3.8) is 0 Å². The van der Waals surface area contributed by atoms with E-state index < -0.39 is 35.9 Å². The summed E-state index contributed by atoms with van der Waals surface area (Å²) >= 11 is 6.02. The van der Waals surface area contributed by atoms with Crippen molar-refractivity contribution in [3.05, 3.63) is 64.2 Å². The van der Waals surface area contributed by atoms with Gasteiger partial charge in [-0.2, -0.15) is 13.2 Å². The van der Waals surface area contributed by atoms with Crippen LogP contribution in [0, 0.1) is 11.6 Å². The Hall–Kier alpha value is -2.35. The molecule has 30 heavy (non-hydrogen) atoms. The molecule has 1 fully saturated rings. The zero-order valence-electron chi connectivity index (χ0n) is 16.0. The molecule has 1 amide bonds. The van der Waals surface area contributed by atoms with Crippen LogP contribution in [0.3, 0.4) is 0 Å². The maximum Gasteiger partial charge on any atom is 0.422 e. The van der Waals surface area contributed by atoms with Crippen LogP contribution >= 0.6 is 11.6 Å². The van der Waals surface area contributed by atoms with Gasteiger partial charge in [0.25, 0.3) is 0 Å². The highest BCUT2D eigenvalue weighted by Gasteiger charge is 2.46. The number of rotatable bonds is 7. The van der Waals surface area contributed by atoms with Gasteiger partial charge in [0.05, 0.1) is 5.54 Å². The molecule has 0 unspecified atom stereocenters. The van der Waals surface area contributed by atoms with Gasteiger partial charge in [0.15, 0.2) is 6.61 Å². The summed E-state index contributed by atoms with van der Waals surface area (Å²) in [6.45, 7) is 0.199. The second kappa shape index (κ2) is 8.41. The molecule has 0 aliphatic heterocycles. The first-order chi connectivity index (χ1) is 14.0. The minimum absolute atomic E-state index is 0.0394. The lowest BCUT2D eigenvalue weighted by molar-refractivity contribution is -0.153. The SMILES string of the molecule is C[C@@H](CC(=O)NC1(c2cc(Cl)cc(OCC(F)(F)F)c2)CC1)c1ccc(F)cc1F. The third-order valence-corrected chi connectivity index (χ3v) is 5.16. The maximum atomic E-state index is 13.9. The Morgan fingerprint density at radius 3 is 2.50 bits per heavy atom. The van der Waals surface area contributed by atoms with E-state index in [0.29, 0.717) is 18.4 Å². The molecule has 1 N–H and O–H groups in total. The molecule has 0 radical (unpaired) electrons. The Morgan fingerprint density at radius 1 is 1.20 bits per heavy atom. The molecule has 1 aliphatic carbocycles. The Balaban J connectivity index is 1.69. The van der Waals surface area contributed by atoms with Crippen LogP contribution in [-0.4, -0.2) is 18.7 Å². The lowest BCUT2D eigenvalue weighted by atomic mass is 9.96. The highest BCUT2D eigenvalue weighted by molar-refractivity contribution is 6.30. The van der Waals surface area contributed by atoms with Gasteiger partial charge in [-0.1, -0.05) is 24.6 Å². The number of alkyl halides is 3. The first-order valence-electron chi connectivity index (χ1n) is 9.24. The van der Waals surface area contributed by atoms with Crippen molar-refractivity contribution in [2.75, 3.05) is 6.61 Å². The van der Waals surface area contributed by atoms with Crippen LogP contribution < -0.4 is 10.1 Å². The highest BCUT2D eigenvalue weighted by atomic mass is 35.5. The van der Waals surface area contributed by atoms with E-state index in [9.17, 15) is 26.7 Å². The number of halogens is 6. The Labute approximate surface area is 175 Å². The van der Waals surface area contributed by atoms with E-state index in [1.807, 2.05) is 0 Å². The molecule has 2 aromatic rings. The zero-order valence-corrected chi connectivity index (χ0v) is 16.7. The summed E-state index contributed by atoms with van der Waals surface area (Å²) in [6, 6.07) is 7.46. The minimum atomic E-state index is -4.49. The van der Waals surface area contributed by atoms with Crippen LogP contribution in [0.25, 0.3) is 0 Å². The fourth-order valence-electron chi connectivity index (χ4n) is 3.31. The summed E-state index contributed by atoms with van der Waals surface area (Å²) < 4.78 is 69.0. The first kappa shape index (κ1) is 22.3. The van der Waals surface area contributed by atoms with Gasteiger partial charge < -0.3 is 10.1 Å². The maximum absolute atomic E-state index is 13.9. The van der Waals surface area contributed by atoms with E-state index in [-0.39, 0.29) is 28.7 Å². The van der Waals surface area contributed by atoms with Gasteiger partial charge in [0.1, 0.15) is 17.4 Å². The zero-order chi connectivity index (χ0) is 22.1. The molecule has 2 aromatic carbocycles. The lowest BCUT2D eigenvalue weighted by Gasteiger charge is -2.21. The van der Waals surface area contributed by atoms with E-state index >= 15 is 0 Å². The van der Waals surface area contributed by atoms with Crippen LogP contribution in [0.15, 0.2) is 36.4 Å². The van der Waals surface area contributed by atoms with Gasteiger partial charge in [-0.3, -0.25) is 4.79 Å². The van der Waals surface area contributed by atoms with E-state index in [2.05, 4.69) is 5.32 Å². The van der Waals surface area contributed by atoms with E-state index in [0.717, 1.165) is 12.1 Å². The van der Waals surface area contributed by atoms with E-state index in [4.69, 9.17) is 16.3 Å². The topological polar surface area (TPSA) is 38.3 Å². The smallest absolute Gasteiger partial charge is 0.422 e. The van der Waals surface area contributed by atoms with Crippen molar-refractivity contribution >= 4 is 17.5 Å². The number of carbonyl (C=O) groups is 1. The number of carbonyl (C=O) groups excluding carboxylic acids is 1. The summed E-state index contributed by atoms with van der Waals surface area (Å²) in [6.07, 6.45) is -3.36. The molecule has 1 aliphatic rings. The molecule has 1 saturated carbocycles. The quantitative estimate of drug-likeness (QED) is 0.540. The number of amides is 1. The Kier molecular flexibility index (Phi) is 6.26. The average molecular weight is 448 g/mol. The molecular formula is C21H19ClF5NO2. The number of hydrogen-bond donors (Lipinski definition) is 1. The normalized spacial score (nSPS) is 16.1. The summed E-state index contributed by atoms with van der Waals surface area (Å²) in [5, 5.41) is 3.06. The Bertz CT molecular complexity index is 943. The van der Waals surface area contributed by atoms with Crippen LogP contribution in [0.4, 0.5) is 22.0 Å². The van der Waals surface area contributed by atoms with Gasteiger partial charge in [-0.05, 0) is 54.2 Å². The van der Waals surface area contributed by atoms with Gasteiger partial charge >= 0.3 is 6.18 Å².